The minimum atomic E-state index is 0.580. The summed E-state index contributed by atoms with van der Waals surface area (Å²) < 4.78 is 0. The zero-order chi connectivity index (χ0) is 15.9. The molecule has 0 saturated carbocycles. The monoisotopic (exact) mass is 314 g/mol. The van der Waals surface area contributed by atoms with Crippen LogP contribution in [0.5, 0.6) is 0 Å². The molecule has 2 heterocycles. The van der Waals surface area contributed by atoms with Crippen molar-refractivity contribution in [2.75, 3.05) is 18.4 Å². The Morgan fingerprint density at radius 2 is 1.67 bits per heavy atom. The molecule has 2 aliphatic rings. The second kappa shape index (κ2) is 5.64. The second-order valence-electron chi connectivity index (χ2n) is 7.01. The Hall–Kier alpha value is -2.32. The molecule has 2 aliphatic heterocycles. The Bertz CT molecular complexity index is 899. The van der Waals surface area contributed by atoms with Crippen LogP contribution in [-0.4, -0.2) is 19.1 Å². The van der Waals surface area contributed by atoms with Crippen molar-refractivity contribution in [2.45, 2.75) is 24.8 Å². The van der Waals surface area contributed by atoms with Crippen LogP contribution >= 0.6 is 0 Å². The van der Waals surface area contributed by atoms with E-state index >= 15 is 0 Å². The fourth-order valence-corrected chi connectivity index (χ4v) is 4.46. The summed E-state index contributed by atoms with van der Waals surface area (Å²) in [6.45, 7) is 2.24. The van der Waals surface area contributed by atoms with Gasteiger partial charge < -0.3 is 10.6 Å². The highest BCUT2D eigenvalue weighted by Crippen LogP contribution is 2.45. The molecule has 3 aromatic carbocycles. The average Bonchev–Trinajstić information content (AvgIpc) is 2.83. The summed E-state index contributed by atoms with van der Waals surface area (Å²) >= 11 is 0. The first-order valence-electron chi connectivity index (χ1n) is 8.99. The van der Waals surface area contributed by atoms with Crippen LogP contribution in [0, 0.1) is 0 Å². The highest BCUT2D eigenvalue weighted by Gasteiger charge is 2.34. The van der Waals surface area contributed by atoms with Crippen molar-refractivity contribution in [1.29, 1.82) is 0 Å². The number of hydrogen-bond donors (Lipinski definition) is 2. The van der Waals surface area contributed by atoms with Crippen LogP contribution in [0.3, 0.4) is 0 Å². The van der Waals surface area contributed by atoms with Crippen molar-refractivity contribution in [3.63, 3.8) is 0 Å². The summed E-state index contributed by atoms with van der Waals surface area (Å²) in [5.74, 6) is 0.623. The van der Waals surface area contributed by atoms with Crippen LogP contribution in [-0.2, 0) is 0 Å². The molecular weight excluding hydrogens is 292 g/mol. The topological polar surface area (TPSA) is 24.1 Å². The molecule has 0 aliphatic carbocycles. The Balaban J connectivity index is 1.65. The van der Waals surface area contributed by atoms with Gasteiger partial charge >= 0.3 is 0 Å². The molecule has 2 N–H and O–H groups in total. The third kappa shape index (κ3) is 2.22. The van der Waals surface area contributed by atoms with Crippen LogP contribution in [0.1, 0.15) is 24.3 Å². The standard InChI is InChI=1S/C22H22N2/c1-2-5-16-14-17(9-8-15(16)4-1)18-6-3-7-21-22(18)19-10-12-23-13-11-20(19)24-21/h1-9,14,19-20,23-24H,10-13H2/t19-,20+/m1/s1. The number of rotatable bonds is 1. The summed E-state index contributed by atoms with van der Waals surface area (Å²) in [6, 6.07) is 22.8. The van der Waals surface area contributed by atoms with Gasteiger partial charge in [-0.2, -0.15) is 0 Å². The van der Waals surface area contributed by atoms with E-state index in [1.54, 1.807) is 0 Å². The third-order valence-electron chi connectivity index (χ3n) is 5.63. The highest BCUT2D eigenvalue weighted by molar-refractivity contribution is 5.89. The zero-order valence-electron chi connectivity index (χ0n) is 13.8. The van der Waals surface area contributed by atoms with Gasteiger partial charge in [0.15, 0.2) is 0 Å². The molecule has 0 bridgehead atoms. The maximum absolute atomic E-state index is 3.78. The molecule has 120 valence electrons. The van der Waals surface area contributed by atoms with Crippen LogP contribution < -0.4 is 10.6 Å². The van der Waals surface area contributed by atoms with E-state index < -0.39 is 0 Å². The van der Waals surface area contributed by atoms with Gasteiger partial charge in [-0.1, -0.05) is 48.5 Å². The molecule has 1 saturated heterocycles. The first-order chi connectivity index (χ1) is 11.9. The molecule has 1 fully saturated rings. The van der Waals surface area contributed by atoms with Crippen LogP contribution in [0.2, 0.25) is 0 Å². The SMILES string of the molecule is c1cc2c(c(-c3ccc4ccccc4c3)c1)[C@@H]1CCNCC[C@@H]1N2. The lowest BCUT2D eigenvalue weighted by Gasteiger charge is -2.18. The quantitative estimate of drug-likeness (QED) is 0.676. The summed E-state index contributed by atoms with van der Waals surface area (Å²) in [7, 11) is 0. The molecule has 0 unspecified atom stereocenters. The molecule has 2 heteroatoms. The van der Waals surface area contributed by atoms with E-state index in [0.29, 0.717) is 12.0 Å². The Labute approximate surface area is 142 Å². The molecule has 2 atom stereocenters. The largest absolute Gasteiger partial charge is 0.381 e. The fourth-order valence-electron chi connectivity index (χ4n) is 4.46. The van der Waals surface area contributed by atoms with E-state index in [2.05, 4.69) is 71.3 Å². The number of nitrogens with one attached hydrogen (secondary N) is 2. The Kier molecular flexibility index (Phi) is 3.30. The summed E-state index contributed by atoms with van der Waals surface area (Å²) in [5, 5.41) is 9.96. The van der Waals surface area contributed by atoms with Crippen LogP contribution in [0.15, 0.2) is 60.7 Å². The van der Waals surface area contributed by atoms with Crippen molar-refractivity contribution >= 4 is 16.5 Å². The number of benzene rings is 3. The molecule has 24 heavy (non-hydrogen) atoms. The fraction of sp³-hybridized carbons (Fsp3) is 0.273. The maximum atomic E-state index is 3.78. The van der Waals surface area contributed by atoms with Crippen molar-refractivity contribution in [3.8, 4) is 11.1 Å². The predicted molar refractivity (Wildman–Crippen MR) is 102 cm³/mol. The molecule has 0 spiro atoms. The van der Waals surface area contributed by atoms with E-state index in [1.165, 1.54) is 46.0 Å². The smallest absolute Gasteiger partial charge is 0.0384 e. The third-order valence-corrected chi connectivity index (χ3v) is 5.63. The first kappa shape index (κ1) is 14.1. The van der Waals surface area contributed by atoms with Crippen molar-refractivity contribution in [3.05, 3.63) is 66.2 Å². The van der Waals surface area contributed by atoms with Gasteiger partial charge in [0.1, 0.15) is 0 Å². The van der Waals surface area contributed by atoms with Gasteiger partial charge in [-0.3, -0.25) is 0 Å². The average molecular weight is 314 g/mol. The van der Waals surface area contributed by atoms with Crippen LogP contribution in [0.25, 0.3) is 21.9 Å². The molecule has 5 rings (SSSR count). The van der Waals surface area contributed by atoms with E-state index in [9.17, 15) is 0 Å². The molecule has 0 aromatic heterocycles. The van der Waals surface area contributed by atoms with Gasteiger partial charge in [-0.05, 0) is 65.5 Å². The first-order valence-corrected chi connectivity index (χ1v) is 8.99. The Morgan fingerprint density at radius 3 is 2.62 bits per heavy atom. The van der Waals surface area contributed by atoms with Crippen molar-refractivity contribution < 1.29 is 0 Å². The normalized spacial score (nSPS) is 22.5. The van der Waals surface area contributed by atoms with Gasteiger partial charge in [0, 0.05) is 17.6 Å². The minimum Gasteiger partial charge on any atom is -0.381 e. The maximum Gasteiger partial charge on any atom is 0.0384 e. The van der Waals surface area contributed by atoms with Gasteiger partial charge in [0.2, 0.25) is 0 Å². The lowest BCUT2D eigenvalue weighted by Crippen LogP contribution is -2.21. The van der Waals surface area contributed by atoms with E-state index in [-0.39, 0.29) is 0 Å². The zero-order valence-corrected chi connectivity index (χ0v) is 13.8. The highest BCUT2D eigenvalue weighted by atomic mass is 15.0. The van der Waals surface area contributed by atoms with E-state index in [4.69, 9.17) is 0 Å². The van der Waals surface area contributed by atoms with Crippen molar-refractivity contribution in [1.82, 2.24) is 5.32 Å². The summed E-state index contributed by atoms with van der Waals surface area (Å²) in [4.78, 5) is 0. The van der Waals surface area contributed by atoms with Gasteiger partial charge in [0.05, 0.1) is 0 Å². The molecule has 0 amide bonds. The Morgan fingerprint density at radius 1 is 0.792 bits per heavy atom. The van der Waals surface area contributed by atoms with Crippen LogP contribution in [0.4, 0.5) is 5.69 Å². The second-order valence-corrected chi connectivity index (χ2v) is 7.01. The summed E-state index contributed by atoms with van der Waals surface area (Å²) in [6.07, 6.45) is 2.42. The number of fused-ring (bicyclic) bond motifs is 4. The van der Waals surface area contributed by atoms with Gasteiger partial charge in [-0.15, -0.1) is 0 Å². The molecule has 3 aromatic rings. The molecule has 0 radical (unpaired) electrons. The predicted octanol–water partition coefficient (Wildman–Crippen LogP) is 4.77. The molecular formula is C22H22N2. The lowest BCUT2D eigenvalue weighted by atomic mass is 9.85. The van der Waals surface area contributed by atoms with Gasteiger partial charge in [-0.25, -0.2) is 0 Å². The number of anilines is 1. The minimum absolute atomic E-state index is 0.580. The number of hydrogen-bond acceptors (Lipinski definition) is 2. The summed E-state index contributed by atoms with van der Waals surface area (Å²) in [5.41, 5.74) is 5.62. The van der Waals surface area contributed by atoms with E-state index in [1.807, 2.05) is 0 Å². The van der Waals surface area contributed by atoms with Crippen molar-refractivity contribution in [2.24, 2.45) is 0 Å². The molecule has 2 nitrogen and oxygen atoms in total. The lowest BCUT2D eigenvalue weighted by molar-refractivity contribution is 0.579. The van der Waals surface area contributed by atoms with Gasteiger partial charge in [0.25, 0.3) is 0 Å². The van der Waals surface area contributed by atoms with E-state index in [0.717, 1.165) is 13.1 Å².